The van der Waals surface area contributed by atoms with Crippen molar-refractivity contribution in [1.29, 1.82) is 0 Å². The molecular formula is C17H27NO2. The molecule has 20 heavy (non-hydrogen) atoms. The molecule has 3 heteroatoms. The largest absolute Gasteiger partial charge is 0.491 e. The van der Waals surface area contributed by atoms with Crippen LogP contribution in [-0.2, 0) is 4.74 Å². The third kappa shape index (κ3) is 5.14. The van der Waals surface area contributed by atoms with Gasteiger partial charge in [0.15, 0.2) is 0 Å². The Morgan fingerprint density at radius 1 is 1.10 bits per heavy atom. The Bertz CT molecular complexity index is 355. The molecule has 0 radical (unpaired) electrons. The molecule has 1 aromatic carbocycles. The monoisotopic (exact) mass is 277 g/mol. The highest BCUT2D eigenvalue weighted by Crippen LogP contribution is 2.28. The maximum atomic E-state index is 5.69. The average molecular weight is 277 g/mol. The number of hydrogen-bond acceptors (Lipinski definition) is 3. The fourth-order valence-electron chi connectivity index (χ4n) is 2.99. The second-order valence-electron chi connectivity index (χ2n) is 5.42. The lowest BCUT2D eigenvalue weighted by atomic mass is 10.0. The van der Waals surface area contributed by atoms with Crippen molar-refractivity contribution >= 4 is 0 Å². The van der Waals surface area contributed by atoms with Crippen molar-refractivity contribution in [2.24, 2.45) is 5.92 Å². The summed E-state index contributed by atoms with van der Waals surface area (Å²) in [4.78, 5) is 0. The minimum atomic E-state index is 0.630. The second kappa shape index (κ2) is 8.98. The highest BCUT2D eigenvalue weighted by Gasteiger charge is 2.25. The number of hydrogen-bond donors (Lipinski definition) is 1. The molecule has 3 nitrogen and oxygen atoms in total. The van der Waals surface area contributed by atoms with Crippen LogP contribution >= 0.6 is 0 Å². The molecular weight excluding hydrogens is 250 g/mol. The van der Waals surface area contributed by atoms with E-state index in [1.54, 1.807) is 0 Å². The van der Waals surface area contributed by atoms with Crippen molar-refractivity contribution in [3.8, 4) is 5.75 Å². The fourth-order valence-corrected chi connectivity index (χ4v) is 2.99. The van der Waals surface area contributed by atoms with Gasteiger partial charge in [0.1, 0.15) is 12.4 Å². The topological polar surface area (TPSA) is 30.5 Å². The summed E-state index contributed by atoms with van der Waals surface area (Å²) >= 11 is 0. The zero-order valence-electron chi connectivity index (χ0n) is 12.5. The number of rotatable bonds is 9. The van der Waals surface area contributed by atoms with Crippen LogP contribution in [0.5, 0.6) is 5.75 Å². The van der Waals surface area contributed by atoms with Gasteiger partial charge in [-0.25, -0.2) is 0 Å². The standard InChI is InChI=1S/C17H27NO2/c1-2-18-17-10-6-7-15(17)11-12-19-13-14-20-16-8-4-3-5-9-16/h3-5,8-9,15,17-18H,2,6-7,10-14H2,1H3. The van der Waals surface area contributed by atoms with E-state index in [-0.39, 0.29) is 0 Å². The van der Waals surface area contributed by atoms with Gasteiger partial charge in [0, 0.05) is 12.6 Å². The molecule has 1 N–H and O–H groups in total. The fraction of sp³-hybridized carbons (Fsp3) is 0.647. The van der Waals surface area contributed by atoms with Gasteiger partial charge in [-0.3, -0.25) is 0 Å². The van der Waals surface area contributed by atoms with E-state index in [1.807, 2.05) is 30.3 Å². The van der Waals surface area contributed by atoms with Gasteiger partial charge in [0.2, 0.25) is 0 Å². The maximum absolute atomic E-state index is 5.69. The predicted molar refractivity (Wildman–Crippen MR) is 82.2 cm³/mol. The minimum Gasteiger partial charge on any atom is -0.491 e. The summed E-state index contributed by atoms with van der Waals surface area (Å²) in [5.74, 6) is 1.71. The van der Waals surface area contributed by atoms with Gasteiger partial charge in [0.25, 0.3) is 0 Å². The first-order valence-electron chi connectivity index (χ1n) is 7.89. The predicted octanol–water partition coefficient (Wildman–Crippen LogP) is 3.25. The Kier molecular flexibility index (Phi) is 6.89. The van der Waals surface area contributed by atoms with E-state index < -0.39 is 0 Å². The maximum Gasteiger partial charge on any atom is 0.119 e. The first-order chi connectivity index (χ1) is 9.90. The minimum absolute atomic E-state index is 0.630. The Labute approximate surface area is 122 Å². The normalized spacial score (nSPS) is 22.1. The van der Waals surface area contributed by atoms with Gasteiger partial charge in [-0.2, -0.15) is 0 Å². The zero-order valence-corrected chi connectivity index (χ0v) is 12.5. The van der Waals surface area contributed by atoms with Gasteiger partial charge in [-0.05, 0) is 43.9 Å². The van der Waals surface area contributed by atoms with Gasteiger partial charge in [-0.1, -0.05) is 31.5 Å². The summed E-state index contributed by atoms with van der Waals surface area (Å²) in [6, 6.07) is 10.6. The molecule has 0 heterocycles. The summed E-state index contributed by atoms with van der Waals surface area (Å²) in [6.45, 7) is 5.42. The molecule has 1 aliphatic carbocycles. The zero-order chi connectivity index (χ0) is 14.0. The SMILES string of the molecule is CCNC1CCCC1CCOCCOc1ccccc1. The van der Waals surface area contributed by atoms with Gasteiger partial charge in [-0.15, -0.1) is 0 Å². The van der Waals surface area contributed by atoms with Gasteiger partial charge in [0.05, 0.1) is 6.61 Å². The molecule has 1 aliphatic rings. The molecule has 0 bridgehead atoms. The summed E-state index contributed by atoms with van der Waals surface area (Å²) in [7, 11) is 0. The molecule has 0 saturated heterocycles. The lowest BCUT2D eigenvalue weighted by Crippen LogP contribution is -2.32. The third-order valence-electron chi connectivity index (χ3n) is 4.00. The van der Waals surface area contributed by atoms with E-state index in [9.17, 15) is 0 Å². The average Bonchev–Trinajstić information content (AvgIpc) is 2.92. The van der Waals surface area contributed by atoms with E-state index >= 15 is 0 Å². The number of benzene rings is 1. The first kappa shape index (κ1) is 15.3. The van der Waals surface area contributed by atoms with Crippen LogP contribution in [0.2, 0.25) is 0 Å². The Morgan fingerprint density at radius 2 is 1.95 bits per heavy atom. The summed E-state index contributed by atoms with van der Waals surface area (Å²) in [5, 5.41) is 3.59. The quantitative estimate of drug-likeness (QED) is 0.703. The van der Waals surface area contributed by atoms with Crippen molar-refractivity contribution in [2.75, 3.05) is 26.4 Å². The molecule has 2 rings (SSSR count). The molecule has 0 aromatic heterocycles. The van der Waals surface area contributed by atoms with Crippen molar-refractivity contribution in [3.05, 3.63) is 30.3 Å². The lowest BCUT2D eigenvalue weighted by molar-refractivity contribution is 0.0881. The van der Waals surface area contributed by atoms with Crippen LogP contribution in [-0.4, -0.2) is 32.4 Å². The van der Waals surface area contributed by atoms with Crippen molar-refractivity contribution in [3.63, 3.8) is 0 Å². The molecule has 2 unspecified atom stereocenters. The van der Waals surface area contributed by atoms with Gasteiger partial charge < -0.3 is 14.8 Å². The highest BCUT2D eigenvalue weighted by molar-refractivity contribution is 5.20. The molecule has 1 aromatic rings. The van der Waals surface area contributed by atoms with E-state index in [0.29, 0.717) is 19.3 Å². The highest BCUT2D eigenvalue weighted by atomic mass is 16.5. The smallest absolute Gasteiger partial charge is 0.119 e. The Balaban J connectivity index is 1.51. The molecule has 1 fully saturated rings. The molecule has 0 amide bonds. The van der Waals surface area contributed by atoms with Crippen LogP contribution in [0.1, 0.15) is 32.6 Å². The number of ether oxygens (including phenoxy) is 2. The molecule has 2 atom stereocenters. The Hall–Kier alpha value is -1.06. The third-order valence-corrected chi connectivity index (χ3v) is 4.00. The second-order valence-corrected chi connectivity index (χ2v) is 5.42. The number of nitrogens with one attached hydrogen (secondary N) is 1. The van der Waals surface area contributed by atoms with E-state index in [0.717, 1.165) is 24.8 Å². The van der Waals surface area contributed by atoms with Crippen LogP contribution in [0.15, 0.2) is 30.3 Å². The van der Waals surface area contributed by atoms with Crippen LogP contribution in [0.25, 0.3) is 0 Å². The van der Waals surface area contributed by atoms with Crippen LogP contribution in [0.3, 0.4) is 0 Å². The first-order valence-corrected chi connectivity index (χ1v) is 7.89. The summed E-state index contributed by atoms with van der Waals surface area (Å²) < 4.78 is 11.3. The van der Waals surface area contributed by atoms with Crippen molar-refractivity contribution in [2.45, 2.75) is 38.6 Å². The van der Waals surface area contributed by atoms with Crippen LogP contribution in [0.4, 0.5) is 0 Å². The van der Waals surface area contributed by atoms with Gasteiger partial charge >= 0.3 is 0 Å². The summed E-state index contributed by atoms with van der Waals surface area (Å²) in [6.07, 6.45) is 5.21. The number of para-hydroxylation sites is 1. The van der Waals surface area contributed by atoms with E-state index in [1.165, 1.54) is 25.7 Å². The Morgan fingerprint density at radius 3 is 2.75 bits per heavy atom. The van der Waals surface area contributed by atoms with Crippen molar-refractivity contribution in [1.82, 2.24) is 5.32 Å². The molecule has 0 spiro atoms. The van der Waals surface area contributed by atoms with E-state index in [4.69, 9.17) is 9.47 Å². The lowest BCUT2D eigenvalue weighted by Gasteiger charge is -2.20. The van der Waals surface area contributed by atoms with Crippen molar-refractivity contribution < 1.29 is 9.47 Å². The summed E-state index contributed by atoms with van der Waals surface area (Å²) in [5.41, 5.74) is 0. The van der Waals surface area contributed by atoms with Crippen LogP contribution < -0.4 is 10.1 Å². The molecule has 1 saturated carbocycles. The van der Waals surface area contributed by atoms with Crippen LogP contribution in [0, 0.1) is 5.92 Å². The van der Waals surface area contributed by atoms with E-state index in [2.05, 4.69) is 12.2 Å². The molecule has 0 aliphatic heterocycles. The molecule has 112 valence electrons.